The lowest BCUT2D eigenvalue weighted by molar-refractivity contribution is 0.414. The molecule has 16 heavy (non-hydrogen) atoms. The van der Waals surface area contributed by atoms with Crippen LogP contribution in [0.15, 0.2) is 48.8 Å². The number of hydrogen-bond donors (Lipinski definition) is 0. The number of aromatic nitrogens is 1. The smallest absolute Gasteiger partial charge is 0.119 e. The Morgan fingerprint density at radius 3 is 2.50 bits per heavy atom. The van der Waals surface area contributed by atoms with Gasteiger partial charge in [0.15, 0.2) is 0 Å². The zero-order valence-electron chi connectivity index (χ0n) is 9.39. The fourth-order valence-electron chi connectivity index (χ4n) is 1.67. The molecule has 0 spiro atoms. The maximum Gasteiger partial charge on any atom is 0.119 e. The molecule has 1 aromatic carbocycles. The third-order valence-electron chi connectivity index (χ3n) is 2.59. The summed E-state index contributed by atoms with van der Waals surface area (Å²) in [6.07, 6.45) is 5.73. The minimum atomic E-state index is 0.923. The van der Waals surface area contributed by atoms with Crippen molar-refractivity contribution in [1.29, 1.82) is 0 Å². The normalized spacial score (nSPS) is 10.1. The van der Waals surface area contributed by atoms with E-state index in [1.54, 1.807) is 7.11 Å². The number of ether oxygens (including phenoxy) is 1. The molecule has 0 aliphatic rings. The molecule has 1 aromatic heterocycles. The summed E-state index contributed by atoms with van der Waals surface area (Å²) < 4.78 is 5.20. The monoisotopic (exact) mass is 213 g/mol. The van der Waals surface area contributed by atoms with Crippen LogP contribution >= 0.6 is 0 Å². The molecule has 0 N–H and O–H groups in total. The summed E-state index contributed by atoms with van der Waals surface area (Å²) in [7, 11) is 1.70. The van der Waals surface area contributed by atoms with Gasteiger partial charge in [0.25, 0.3) is 0 Å². The molecule has 0 radical (unpaired) electrons. The van der Waals surface area contributed by atoms with Crippen molar-refractivity contribution in [3.8, 4) is 5.75 Å². The van der Waals surface area contributed by atoms with Crippen LogP contribution < -0.4 is 4.74 Å². The number of hydrogen-bond acceptors (Lipinski definition) is 2. The average molecular weight is 213 g/mol. The van der Waals surface area contributed by atoms with Crippen molar-refractivity contribution in [2.45, 2.75) is 12.8 Å². The van der Waals surface area contributed by atoms with Gasteiger partial charge in [-0.2, -0.15) is 0 Å². The molecular weight excluding hydrogens is 198 g/mol. The summed E-state index contributed by atoms with van der Waals surface area (Å²) in [5, 5.41) is 0. The van der Waals surface area contributed by atoms with Crippen LogP contribution in [0.1, 0.15) is 11.1 Å². The van der Waals surface area contributed by atoms with E-state index in [4.69, 9.17) is 4.74 Å². The maximum absolute atomic E-state index is 5.20. The van der Waals surface area contributed by atoms with Gasteiger partial charge in [-0.25, -0.2) is 0 Å². The van der Waals surface area contributed by atoms with E-state index in [2.05, 4.69) is 29.2 Å². The average Bonchev–Trinajstić information content (AvgIpc) is 2.38. The van der Waals surface area contributed by atoms with Crippen LogP contribution in [0.3, 0.4) is 0 Å². The molecular formula is C14H15NO. The van der Waals surface area contributed by atoms with Crippen LogP contribution in [0.5, 0.6) is 5.75 Å². The number of pyridine rings is 1. The molecule has 0 unspecified atom stereocenters. The molecule has 2 rings (SSSR count). The quantitative estimate of drug-likeness (QED) is 0.779. The summed E-state index contributed by atoms with van der Waals surface area (Å²) in [5.74, 6) is 0.923. The highest BCUT2D eigenvalue weighted by atomic mass is 16.5. The molecule has 2 heteroatoms. The SMILES string of the molecule is COc1cccc(CCc2ccncc2)c1. The minimum absolute atomic E-state index is 0.923. The van der Waals surface area contributed by atoms with E-state index in [1.807, 2.05) is 24.5 Å². The zero-order valence-corrected chi connectivity index (χ0v) is 9.39. The highest BCUT2D eigenvalue weighted by Gasteiger charge is 1.97. The largest absolute Gasteiger partial charge is 0.497 e. The van der Waals surface area contributed by atoms with Gasteiger partial charge in [0, 0.05) is 12.4 Å². The van der Waals surface area contributed by atoms with Crippen LogP contribution in [0.25, 0.3) is 0 Å². The van der Waals surface area contributed by atoms with Gasteiger partial charge in [0.1, 0.15) is 5.75 Å². The Morgan fingerprint density at radius 1 is 1.00 bits per heavy atom. The first kappa shape index (κ1) is 10.7. The first-order valence-corrected chi connectivity index (χ1v) is 5.40. The van der Waals surface area contributed by atoms with E-state index < -0.39 is 0 Å². The topological polar surface area (TPSA) is 22.1 Å². The second-order valence-corrected chi connectivity index (χ2v) is 3.71. The van der Waals surface area contributed by atoms with E-state index in [9.17, 15) is 0 Å². The lowest BCUT2D eigenvalue weighted by atomic mass is 10.1. The second-order valence-electron chi connectivity index (χ2n) is 3.71. The summed E-state index contributed by atoms with van der Waals surface area (Å²) in [5.41, 5.74) is 2.62. The highest BCUT2D eigenvalue weighted by molar-refractivity contribution is 5.29. The third kappa shape index (κ3) is 2.83. The standard InChI is InChI=1S/C14H15NO/c1-16-14-4-2-3-13(11-14)6-5-12-7-9-15-10-8-12/h2-4,7-11H,5-6H2,1H3. The van der Waals surface area contributed by atoms with Crippen LogP contribution in [0.2, 0.25) is 0 Å². The third-order valence-corrected chi connectivity index (χ3v) is 2.59. The molecule has 0 aliphatic heterocycles. The highest BCUT2D eigenvalue weighted by Crippen LogP contribution is 2.14. The Hall–Kier alpha value is -1.83. The lowest BCUT2D eigenvalue weighted by Crippen LogP contribution is -1.92. The number of nitrogens with zero attached hydrogens (tertiary/aromatic N) is 1. The molecule has 0 saturated heterocycles. The van der Waals surface area contributed by atoms with Gasteiger partial charge in [-0.05, 0) is 48.2 Å². The van der Waals surface area contributed by atoms with Crippen molar-refractivity contribution in [2.24, 2.45) is 0 Å². The van der Waals surface area contributed by atoms with Crippen molar-refractivity contribution in [3.05, 3.63) is 59.9 Å². The van der Waals surface area contributed by atoms with Crippen LogP contribution in [-0.4, -0.2) is 12.1 Å². The number of methoxy groups -OCH3 is 1. The summed E-state index contributed by atoms with van der Waals surface area (Å²) in [6, 6.07) is 12.3. The number of aryl methyl sites for hydroxylation is 2. The fraction of sp³-hybridized carbons (Fsp3) is 0.214. The molecule has 2 aromatic rings. The molecule has 0 aliphatic carbocycles. The van der Waals surface area contributed by atoms with Gasteiger partial charge < -0.3 is 4.74 Å². The Balaban J connectivity index is 1.99. The minimum Gasteiger partial charge on any atom is -0.497 e. The molecule has 82 valence electrons. The Bertz CT molecular complexity index is 439. The Morgan fingerprint density at radius 2 is 1.75 bits per heavy atom. The molecule has 1 heterocycles. The maximum atomic E-state index is 5.20. The Kier molecular flexibility index (Phi) is 3.54. The van der Waals surface area contributed by atoms with Gasteiger partial charge in [0.2, 0.25) is 0 Å². The van der Waals surface area contributed by atoms with E-state index >= 15 is 0 Å². The first-order chi connectivity index (χ1) is 7.88. The van der Waals surface area contributed by atoms with Gasteiger partial charge in [-0.3, -0.25) is 4.98 Å². The summed E-state index contributed by atoms with van der Waals surface area (Å²) in [4.78, 5) is 4.01. The van der Waals surface area contributed by atoms with Gasteiger partial charge in [-0.1, -0.05) is 12.1 Å². The van der Waals surface area contributed by atoms with Crippen LogP contribution in [0, 0.1) is 0 Å². The molecule has 0 fully saturated rings. The molecule has 0 atom stereocenters. The molecule has 0 saturated carbocycles. The van der Waals surface area contributed by atoms with E-state index in [-0.39, 0.29) is 0 Å². The predicted molar refractivity (Wildman–Crippen MR) is 64.6 cm³/mol. The number of rotatable bonds is 4. The number of benzene rings is 1. The van der Waals surface area contributed by atoms with Crippen molar-refractivity contribution in [1.82, 2.24) is 4.98 Å². The van der Waals surface area contributed by atoms with Crippen molar-refractivity contribution >= 4 is 0 Å². The molecule has 2 nitrogen and oxygen atoms in total. The first-order valence-electron chi connectivity index (χ1n) is 5.40. The van der Waals surface area contributed by atoms with Gasteiger partial charge in [-0.15, -0.1) is 0 Å². The summed E-state index contributed by atoms with van der Waals surface area (Å²) >= 11 is 0. The second kappa shape index (κ2) is 5.31. The van der Waals surface area contributed by atoms with Gasteiger partial charge >= 0.3 is 0 Å². The van der Waals surface area contributed by atoms with E-state index in [0.29, 0.717) is 0 Å². The lowest BCUT2D eigenvalue weighted by Gasteiger charge is -2.04. The molecule has 0 bridgehead atoms. The van der Waals surface area contributed by atoms with Crippen molar-refractivity contribution in [2.75, 3.05) is 7.11 Å². The van der Waals surface area contributed by atoms with Crippen molar-refractivity contribution < 1.29 is 4.74 Å². The van der Waals surface area contributed by atoms with Crippen LogP contribution in [-0.2, 0) is 12.8 Å². The molecule has 0 amide bonds. The zero-order chi connectivity index (χ0) is 11.2. The van der Waals surface area contributed by atoms with Crippen molar-refractivity contribution in [3.63, 3.8) is 0 Å². The fourth-order valence-corrected chi connectivity index (χ4v) is 1.67. The van der Waals surface area contributed by atoms with Crippen LogP contribution in [0.4, 0.5) is 0 Å². The summed E-state index contributed by atoms with van der Waals surface area (Å²) in [6.45, 7) is 0. The van der Waals surface area contributed by atoms with Gasteiger partial charge in [0.05, 0.1) is 7.11 Å². The predicted octanol–water partition coefficient (Wildman–Crippen LogP) is 2.88. The van der Waals surface area contributed by atoms with E-state index in [0.717, 1.165) is 18.6 Å². The van der Waals surface area contributed by atoms with E-state index in [1.165, 1.54) is 11.1 Å². The Labute approximate surface area is 95.9 Å².